The molecule has 4 nitrogen and oxygen atoms in total. The normalized spacial score (nSPS) is 17.1. The van der Waals surface area contributed by atoms with Gasteiger partial charge in [-0.25, -0.2) is 0 Å². The molecule has 31 heavy (non-hydrogen) atoms. The van der Waals surface area contributed by atoms with Crippen molar-refractivity contribution in [2.24, 2.45) is 0 Å². The van der Waals surface area contributed by atoms with Gasteiger partial charge in [-0.05, 0) is 98.1 Å². The molecule has 0 aromatic heterocycles. The third kappa shape index (κ3) is 5.00. The largest absolute Gasteiger partial charge is 0.341 e. The van der Waals surface area contributed by atoms with Gasteiger partial charge in [-0.1, -0.05) is 43.3 Å². The average molecular weight is 419 g/mol. The number of nitrogens with one attached hydrogen (secondary N) is 2. The second kappa shape index (κ2) is 9.67. The molecule has 0 spiro atoms. The van der Waals surface area contributed by atoms with Crippen LogP contribution in [0.2, 0.25) is 0 Å². The molecule has 0 radical (unpaired) electrons. The molecule has 4 heteroatoms. The highest BCUT2D eigenvalue weighted by atomic mass is 16.2. The summed E-state index contributed by atoms with van der Waals surface area (Å²) in [5.41, 5.74) is 7.76. The Hall–Kier alpha value is -2.62. The molecule has 164 valence electrons. The summed E-state index contributed by atoms with van der Waals surface area (Å²) < 4.78 is 0. The number of carbonyl (C=O) groups is 2. The van der Waals surface area contributed by atoms with Gasteiger partial charge in [-0.3, -0.25) is 9.59 Å². The SMILES string of the molecule is CCC(NC(=O)C(=O)NC(C)c1ccc2c(c1)CCCC2)c1ccc2c(c1)CCCC2. The third-order valence-electron chi connectivity index (χ3n) is 6.91. The lowest BCUT2D eigenvalue weighted by atomic mass is 9.89. The van der Waals surface area contributed by atoms with Crippen LogP contribution >= 0.6 is 0 Å². The molecular weight excluding hydrogens is 384 g/mol. The molecule has 2 aromatic carbocycles. The van der Waals surface area contributed by atoms with Crippen molar-refractivity contribution in [1.82, 2.24) is 10.6 Å². The van der Waals surface area contributed by atoms with Crippen molar-refractivity contribution in [3.05, 3.63) is 69.8 Å². The van der Waals surface area contributed by atoms with Crippen molar-refractivity contribution < 1.29 is 9.59 Å². The van der Waals surface area contributed by atoms with E-state index in [1.165, 1.54) is 47.9 Å². The number of benzene rings is 2. The van der Waals surface area contributed by atoms with E-state index in [9.17, 15) is 9.59 Å². The van der Waals surface area contributed by atoms with Crippen molar-refractivity contribution in [3.63, 3.8) is 0 Å². The molecule has 0 heterocycles. The molecule has 0 bridgehead atoms. The highest BCUT2D eigenvalue weighted by molar-refractivity contribution is 6.35. The minimum absolute atomic E-state index is 0.149. The molecule has 2 unspecified atom stereocenters. The molecule has 2 aliphatic carbocycles. The van der Waals surface area contributed by atoms with Crippen molar-refractivity contribution >= 4 is 11.8 Å². The fraction of sp³-hybridized carbons (Fsp3) is 0.481. The van der Waals surface area contributed by atoms with E-state index in [0.29, 0.717) is 0 Å². The second-order valence-corrected chi connectivity index (χ2v) is 9.10. The first kappa shape index (κ1) is 21.6. The van der Waals surface area contributed by atoms with Gasteiger partial charge in [0.15, 0.2) is 0 Å². The minimum atomic E-state index is -0.568. The quantitative estimate of drug-likeness (QED) is 0.679. The first-order valence-electron chi connectivity index (χ1n) is 11.9. The maximum absolute atomic E-state index is 12.7. The Labute approximate surface area is 185 Å². The highest BCUT2D eigenvalue weighted by Gasteiger charge is 2.22. The summed E-state index contributed by atoms with van der Waals surface area (Å²) in [4.78, 5) is 25.3. The van der Waals surface area contributed by atoms with Crippen LogP contribution in [0.4, 0.5) is 0 Å². The van der Waals surface area contributed by atoms with E-state index in [0.717, 1.165) is 43.2 Å². The number of rotatable bonds is 5. The van der Waals surface area contributed by atoms with Gasteiger partial charge >= 0.3 is 11.8 Å². The molecule has 0 saturated heterocycles. The molecule has 2 amide bonds. The van der Waals surface area contributed by atoms with Gasteiger partial charge in [-0.2, -0.15) is 0 Å². The van der Waals surface area contributed by atoms with Crippen LogP contribution in [-0.4, -0.2) is 11.8 Å². The van der Waals surface area contributed by atoms with Crippen LogP contribution in [0.15, 0.2) is 36.4 Å². The molecular formula is C27H34N2O2. The number of aryl methyl sites for hydroxylation is 4. The van der Waals surface area contributed by atoms with Crippen LogP contribution < -0.4 is 10.6 Å². The van der Waals surface area contributed by atoms with Crippen molar-refractivity contribution in [2.75, 3.05) is 0 Å². The Morgan fingerprint density at radius 1 is 0.742 bits per heavy atom. The molecule has 2 aliphatic rings. The maximum Gasteiger partial charge on any atom is 0.309 e. The second-order valence-electron chi connectivity index (χ2n) is 9.10. The van der Waals surface area contributed by atoms with E-state index in [-0.39, 0.29) is 12.1 Å². The fourth-order valence-electron chi connectivity index (χ4n) is 4.98. The van der Waals surface area contributed by atoms with Crippen LogP contribution in [0.5, 0.6) is 0 Å². The van der Waals surface area contributed by atoms with Crippen molar-refractivity contribution in [1.29, 1.82) is 0 Å². The summed E-state index contributed by atoms with van der Waals surface area (Å²) in [5.74, 6) is -1.13. The average Bonchev–Trinajstić information content (AvgIpc) is 2.81. The Bertz CT molecular complexity index is 966. The molecule has 4 rings (SSSR count). The number of hydrogen-bond donors (Lipinski definition) is 2. The lowest BCUT2D eigenvalue weighted by Crippen LogP contribution is -2.42. The van der Waals surface area contributed by atoms with Crippen LogP contribution in [0.1, 0.15) is 91.4 Å². The highest BCUT2D eigenvalue weighted by Crippen LogP contribution is 2.27. The minimum Gasteiger partial charge on any atom is -0.341 e. The molecule has 2 N–H and O–H groups in total. The van der Waals surface area contributed by atoms with E-state index in [2.05, 4.69) is 47.0 Å². The summed E-state index contributed by atoms with van der Waals surface area (Å²) in [6.07, 6.45) is 10.2. The smallest absolute Gasteiger partial charge is 0.309 e. The number of amides is 2. The summed E-state index contributed by atoms with van der Waals surface area (Å²) >= 11 is 0. The molecule has 2 atom stereocenters. The Balaban J connectivity index is 1.38. The summed E-state index contributed by atoms with van der Waals surface area (Å²) in [5, 5.41) is 5.83. The summed E-state index contributed by atoms with van der Waals surface area (Å²) in [6, 6.07) is 12.6. The standard InChI is InChI=1S/C27H34N2O2/c1-3-25(24-15-13-20-9-5-7-11-23(20)17-24)29-27(31)26(30)28-18(2)21-14-12-19-8-4-6-10-22(19)16-21/h12-18,25H,3-11H2,1-2H3,(H,28,30)(H,29,31). The number of carbonyl (C=O) groups excluding carboxylic acids is 2. The van der Waals surface area contributed by atoms with Crippen molar-refractivity contribution in [2.45, 2.75) is 83.7 Å². The fourth-order valence-corrected chi connectivity index (χ4v) is 4.98. The number of hydrogen-bond acceptors (Lipinski definition) is 2. The third-order valence-corrected chi connectivity index (χ3v) is 6.91. The van der Waals surface area contributed by atoms with Crippen LogP contribution in [0.3, 0.4) is 0 Å². The Morgan fingerprint density at radius 3 is 1.81 bits per heavy atom. The molecule has 0 fully saturated rings. The van der Waals surface area contributed by atoms with Gasteiger partial charge in [0.05, 0.1) is 12.1 Å². The molecule has 2 aromatic rings. The monoisotopic (exact) mass is 418 g/mol. The zero-order valence-corrected chi connectivity index (χ0v) is 18.8. The van der Waals surface area contributed by atoms with E-state index in [1.54, 1.807) is 0 Å². The van der Waals surface area contributed by atoms with Gasteiger partial charge in [0.2, 0.25) is 0 Å². The zero-order chi connectivity index (χ0) is 21.8. The Kier molecular flexibility index (Phi) is 6.74. The van der Waals surface area contributed by atoms with Gasteiger partial charge in [0.25, 0.3) is 0 Å². The van der Waals surface area contributed by atoms with E-state index in [4.69, 9.17) is 0 Å². The van der Waals surface area contributed by atoms with Gasteiger partial charge in [0, 0.05) is 0 Å². The Morgan fingerprint density at radius 2 is 1.23 bits per heavy atom. The van der Waals surface area contributed by atoms with Gasteiger partial charge in [-0.15, -0.1) is 0 Å². The number of fused-ring (bicyclic) bond motifs is 2. The van der Waals surface area contributed by atoms with Crippen LogP contribution in [-0.2, 0) is 35.3 Å². The van der Waals surface area contributed by atoms with Gasteiger partial charge < -0.3 is 10.6 Å². The predicted octanol–water partition coefficient (Wildman–Crippen LogP) is 4.89. The first-order valence-corrected chi connectivity index (χ1v) is 11.9. The summed E-state index contributed by atoms with van der Waals surface area (Å²) in [6.45, 7) is 3.98. The lowest BCUT2D eigenvalue weighted by Gasteiger charge is -2.22. The van der Waals surface area contributed by atoms with Crippen LogP contribution in [0, 0.1) is 0 Å². The topological polar surface area (TPSA) is 58.2 Å². The first-order chi connectivity index (χ1) is 15.0. The van der Waals surface area contributed by atoms with E-state index >= 15 is 0 Å². The zero-order valence-electron chi connectivity index (χ0n) is 18.8. The predicted molar refractivity (Wildman–Crippen MR) is 124 cm³/mol. The van der Waals surface area contributed by atoms with E-state index < -0.39 is 11.8 Å². The van der Waals surface area contributed by atoms with Gasteiger partial charge in [0.1, 0.15) is 0 Å². The van der Waals surface area contributed by atoms with E-state index in [1.807, 2.05) is 13.8 Å². The molecule has 0 saturated carbocycles. The maximum atomic E-state index is 12.7. The summed E-state index contributed by atoms with van der Waals surface area (Å²) in [7, 11) is 0. The molecule has 0 aliphatic heterocycles. The van der Waals surface area contributed by atoms with Crippen LogP contribution in [0.25, 0.3) is 0 Å². The lowest BCUT2D eigenvalue weighted by molar-refractivity contribution is -0.140. The van der Waals surface area contributed by atoms with Crippen molar-refractivity contribution in [3.8, 4) is 0 Å².